The third-order valence-corrected chi connectivity index (χ3v) is 5.82. The highest BCUT2D eigenvalue weighted by atomic mass is 32.2. The van der Waals surface area contributed by atoms with E-state index in [9.17, 15) is 8.42 Å². The summed E-state index contributed by atoms with van der Waals surface area (Å²) in [7, 11) is -3.51. The molecule has 0 saturated heterocycles. The van der Waals surface area contributed by atoms with Crippen LogP contribution in [-0.4, -0.2) is 25.8 Å². The number of nitrogens with two attached hydrogens (primary N) is 1. The van der Waals surface area contributed by atoms with Crippen molar-refractivity contribution in [1.82, 2.24) is 4.31 Å². The van der Waals surface area contributed by atoms with Crippen molar-refractivity contribution in [3.8, 4) is 0 Å². The van der Waals surface area contributed by atoms with Crippen LogP contribution in [0.15, 0.2) is 9.31 Å². The van der Waals surface area contributed by atoms with Gasteiger partial charge in [-0.25, -0.2) is 8.42 Å². The minimum Gasteiger partial charge on any atom is -0.465 e. The largest absolute Gasteiger partial charge is 0.465 e. The Balaban J connectivity index is 2.40. The Morgan fingerprint density at radius 3 is 2.45 bits per heavy atom. The molecule has 114 valence electrons. The molecule has 0 radical (unpaired) electrons. The molecule has 0 spiro atoms. The molecule has 0 unspecified atom stereocenters. The lowest BCUT2D eigenvalue weighted by molar-refractivity contribution is 0.393. The zero-order chi connectivity index (χ0) is 14.9. The maximum Gasteiger partial charge on any atom is 0.246 e. The fraction of sp³-hybridized carbons (Fsp3) is 0.714. The van der Waals surface area contributed by atoms with Gasteiger partial charge in [0, 0.05) is 25.2 Å². The standard InChI is InChI=1S/C14H24N2O3S/c1-4-7-16(9-12-5-6-12)20(17,18)14-11(3)19-10(2)13(14)8-15/h12H,4-9,15H2,1-3H3. The minimum atomic E-state index is -3.51. The molecule has 2 rings (SSSR count). The molecule has 1 aliphatic rings. The van der Waals surface area contributed by atoms with Gasteiger partial charge in [-0.3, -0.25) is 0 Å². The van der Waals surface area contributed by atoms with Crippen molar-refractivity contribution in [3.05, 3.63) is 17.1 Å². The molecule has 1 fully saturated rings. The van der Waals surface area contributed by atoms with Crippen LogP contribution in [0.2, 0.25) is 0 Å². The smallest absolute Gasteiger partial charge is 0.246 e. The minimum absolute atomic E-state index is 0.182. The molecule has 1 aromatic rings. The molecular weight excluding hydrogens is 276 g/mol. The first-order valence-electron chi connectivity index (χ1n) is 7.20. The van der Waals surface area contributed by atoms with Gasteiger partial charge in [-0.1, -0.05) is 6.92 Å². The summed E-state index contributed by atoms with van der Waals surface area (Å²) in [6.07, 6.45) is 3.06. The molecule has 0 aliphatic heterocycles. The van der Waals surface area contributed by atoms with Crippen molar-refractivity contribution < 1.29 is 12.8 Å². The Kier molecular flexibility index (Phi) is 4.56. The van der Waals surface area contributed by atoms with E-state index in [0.717, 1.165) is 19.3 Å². The van der Waals surface area contributed by atoms with Crippen molar-refractivity contribution in [2.24, 2.45) is 11.7 Å². The van der Waals surface area contributed by atoms with Crippen LogP contribution in [0.1, 0.15) is 43.3 Å². The quantitative estimate of drug-likeness (QED) is 0.837. The highest BCUT2D eigenvalue weighted by Crippen LogP contribution is 2.34. The average molecular weight is 300 g/mol. The average Bonchev–Trinajstić information content (AvgIpc) is 3.13. The highest BCUT2D eigenvalue weighted by molar-refractivity contribution is 7.89. The lowest BCUT2D eigenvalue weighted by Crippen LogP contribution is -2.34. The first-order valence-corrected chi connectivity index (χ1v) is 8.64. The van der Waals surface area contributed by atoms with Crippen LogP contribution in [0.5, 0.6) is 0 Å². The van der Waals surface area contributed by atoms with E-state index >= 15 is 0 Å². The lowest BCUT2D eigenvalue weighted by atomic mass is 10.2. The highest BCUT2D eigenvalue weighted by Gasteiger charge is 2.35. The molecule has 0 atom stereocenters. The number of rotatable bonds is 7. The maximum absolute atomic E-state index is 12.9. The molecule has 6 heteroatoms. The normalized spacial score (nSPS) is 16.1. The van der Waals surface area contributed by atoms with Crippen molar-refractivity contribution in [3.63, 3.8) is 0 Å². The molecular formula is C14H24N2O3S. The lowest BCUT2D eigenvalue weighted by Gasteiger charge is -2.21. The van der Waals surface area contributed by atoms with E-state index in [2.05, 4.69) is 0 Å². The fourth-order valence-electron chi connectivity index (χ4n) is 2.56. The number of hydrogen-bond donors (Lipinski definition) is 1. The molecule has 2 N–H and O–H groups in total. The van der Waals surface area contributed by atoms with E-state index in [0.29, 0.717) is 36.1 Å². The van der Waals surface area contributed by atoms with Gasteiger partial charge >= 0.3 is 0 Å². The van der Waals surface area contributed by atoms with Crippen LogP contribution >= 0.6 is 0 Å². The van der Waals surface area contributed by atoms with Crippen molar-refractivity contribution >= 4 is 10.0 Å². The van der Waals surface area contributed by atoms with Gasteiger partial charge in [0.1, 0.15) is 16.4 Å². The van der Waals surface area contributed by atoms with Crippen LogP contribution in [0.3, 0.4) is 0 Å². The van der Waals surface area contributed by atoms with Crippen LogP contribution in [0.4, 0.5) is 0 Å². The summed E-state index contributed by atoms with van der Waals surface area (Å²) in [5.41, 5.74) is 6.32. The summed E-state index contributed by atoms with van der Waals surface area (Å²) in [6, 6.07) is 0. The van der Waals surface area contributed by atoms with Gasteiger partial charge in [0.15, 0.2) is 0 Å². The second-order valence-corrected chi connectivity index (χ2v) is 7.41. The summed E-state index contributed by atoms with van der Waals surface area (Å²) in [5, 5.41) is 0. The number of aryl methyl sites for hydroxylation is 2. The first-order chi connectivity index (χ1) is 9.41. The van der Waals surface area contributed by atoms with E-state index in [1.54, 1.807) is 18.2 Å². The van der Waals surface area contributed by atoms with Crippen LogP contribution in [0, 0.1) is 19.8 Å². The summed E-state index contributed by atoms with van der Waals surface area (Å²) in [5.74, 6) is 1.57. The summed E-state index contributed by atoms with van der Waals surface area (Å²) in [4.78, 5) is 0.284. The van der Waals surface area contributed by atoms with Crippen LogP contribution < -0.4 is 5.73 Å². The van der Waals surface area contributed by atoms with Gasteiger partial charge in [0.05, 0.1) is 0 Å². The Hall–Kier alpha value is -0.850. The van der Waals surface area contributed by atoms with Crippen LogP contribution in [-0.2, 0) is 16.6 Å². The van der Waals surface area contributed by atoms with Crippen molar-refractivity contribution in [1.29, 1.82) is 0 Å². The van der Waals surface area contributed by atoms with Gasteiger partial charge in [-0.15, -0.1) is 0 Å². The molecule has 5 nitrogen and oxygen atoms in total. The molecule has 1 aliphatic carbocycles. The fourth-order valence-corrected chi connectivity index (χ4v) is 4.59. The molecule has 0 bridgehead atoms. The van der Waals surface area contributed by atoms with E-state index in [1.807, 2.05) is 6.92 Å². The van der Waals surface area contributed by atoms with E-state index in [4.69, 9.17) is 10.2 Å². The Labute approximate surface area is 121 Å². The van der Waals surface area contributed by atoms with E-state index in [1.165, 1.54) is 0 Å². The van der Waals surface area contributed by atoms with Gasteiger partial charge in [-0.2, -0.15) is 4.31 Å². The van der Waals surface area contributed by atoms with Gasteiger partial charge in [-0.05, 0) is 39.0 Å². The number of furan rings is 1. The Bertz CT molecular complexity index is 573. The predicted molar refractivity (Wildman–Crippen MR) is 77.8 cm³/mol. The van der Waals surface area contributed by atoms with Crippen molar-refractivity contribution in [2.45, 2.75) is 51.5 Å². The first kappa shape index (κ1) is 15.5. The maximum atomic E-state index is 12.9. The van der Waals surface area contributed by atoms with Crippen molar-refractivity contribution in [2.75, 3.05) is 13.1 Å². The second-order valence-electron chi connectivity index (χ2n) is 5.53. The van der Waals surface area contributed by atoms with Gasteiger partial charge in [0.2, 0.25) is 10.0 Å². The molecule has 1 saturated carbocycles. The van der Waals surface area contributed by atoms with Gasteiger partial charge < -0.3 is 10.2 Å². The van der Waals surface area contributed by atoms with Gasteiger partial charge in [0.25, 0.3) is 0 Å². The number of hydrogen-bond acceptors (Lipinski definition) is 4. The molecule has 1 aromatic heterocycles. The topological polar surface area (TPSA) is 76.5 Å². The zero-order valence-electron chi connectivity index (χ0n) is 12.5. The van der Waals surface area contributed by atoms with E-state index in [-0.39, 0.29) is 11.4 Å². The van der Waals surface area contributed by atoms with Crippen LogP contribution in [0.25, 0.3) is 0 Å². The Morgan fingerprint density at radius 1 is 1.30 bits per heavy atom. The summed E-state index contributed by atoms with van der Waals surface area (Å²) < 4.78 is 32.9. The number of nitrogens with zero attached hydrogens (tertiary/aromatic N) is 1. The third kappa shape index (κ3) is 2.92. The second kappa shape index (κ2) is 5.87. The summed E-state index contributed by atoms with van der Waals surface area (Å²) >= 11 is 0. The molecule has 0 aromatic carbocycles. The predicted octanol–water partition coefficient (Wildman–Crippen LogP) is 2.17. The van der Waals surface area contributed by atoms with E-state index < -0.39 is 10.0 Å². The molecule has 1 heterocycles. The monoisotopic (exact) mass is 300 g/mol. The summed E-state index contributed by atoms with van der Waals surface area (Å²) in [6.45, 7) is 6.80. The third-order valence-electron chi connectivity index (χ3n) is 3.76. The SMILES string of the molecule is CCCN(CC1CC1)S(=O)(=O)c1c(C)oc(C)c1CN. The zero-order valence-corrected chi connectivity index (χ0v) is 13.3. The molecule has 20 heavy (non-hydrogen) atoms. The molecule has 0 amide bonds. The number of sulfonamides is 1. The Morgan fingerprint density at radius 2 is 1.95 bits per heavy atom.